The zero-order chi connectivity index (χ0) is 40.8. The topological polar surface area (TPSA) is 169 Å². The van der Waals surface area contributed by atoms with Gasteiger partial charge in [-0.15, -0.1) is 0 Å². The number of allylic oxidation sites excluding steroid dienone is 6. The third-order valence-corrected chi connectivity index (χ3v) is 9.70. The first kappa shape index (κ1) is 52.9. The molecule has 0 saturated heterocycles. The minimum Gasteiger partial charge on any atom is -0.462 e. The fraction of sp³-hybridized carbons (Fsp3) is 0.767. The highest BCUT2D eigenvalue weighted by Crippen LogP contribution is 2.43. The Morgan fingerprint density at radius 2 is 1.27 bits per heavy atom. The van der Waals surface area contributed by atoms with Gasteiger partial charge >= 0.3 is 19.8 Å². The molecule has 0 heterocycles. The van der Waals surface area contributed by atoms with E-state index in [0.717, 1.165) is 31.6 Å². The molecule has 0 saturated carbocycles. The van der Waals surface area contributed by atoms with E-state index in [4.69, 9.17) is 19.1 Å². The van der Waals surface area contributed by atoms with Crippen LogP contribution >= 0.6 is 7.82 Å². The number of esters is 2. The van der Waals surface area contributed by atoms with Crippen LogP contribution in [-0.2, 0) is 32.7 Å². The molecule has 0 fully saturated rings. The number of phosphoric acid groups is 1. The summed E-state index contributed by atoms with van der Waals surface area (Å²) >= 11 is 0. The molecule has 0 spiro atoms. The van der Waals surface area contributed by atoms with E-state index in [0.29, 0.717) is 32.1 Å². The van der Waals surface area contributed by atoms with E-state index in [1.54, 1.807) is 6.08 Å². The highest BCUT2D eigenvalue weighted by molar-refractivity contribution is 7.47. The second-order valence-corrected chi connectivity index (χ2v) is 16.1. The Morgan fingerprint density at radius 3 is 1.93 bits per heavy atom. The standard InChI is InChI=1S/C43H77O11P/c1-4-5-6-7-14-20-25-30-39(45)31-26-21-16-13-18-23-28-33-43(48)54-41(37-53-55(49,50)52-35-40(46)34-44)36-51-42(47)32-27-22-17-12-10-8-9-11-15-19-24-29-38(2)3/h13-14,18,20-21,25-26,30,38-41,44-46H,4-12,15-17,19,22-24,27-29,31-37H2,1-3H3,(H,49,50)/b18-13+,20-14-,26-21-,30-25-/t39-,40-,41+/m0/s1. The number of rotatable bonds is 38. The van der Waals surface area contributed by atoms with Crippen molar-refractivity contribution in [3.63, 3.8) is 0 Å². The van der Waals surface area contributed by atoms with E-state index in [1.165, 1.54) is 70.6 Å². The lowest BCUT2D eigenvalue weighted by atomic mass is 10.0. The smallest absolute Gasteiger partial charge is 0.462 e. The molecule has 0 radical (unpaired) electrons. The molecule has 0 aliphatic rings. The van der Waals surface area contributed by atoms with Crippen LogP contribution in [0.25, 0.3) is 0 Å². The molecule has 0 rings (SSSR count). The number of carbonyl (C=O) groups is 2. The van der Waals surface area contributed by atoms with Gasteiger partial charge in [-0.1, -0.05) is 153 Å². The number of aliphatic hydroxyl groups excluding tert-OH is 3. The van der Waals surface area contributed by atoms with Crippen molar-refractivity contribution in [1.29, 1.82) is 0 Å². The number of hydrogen-bond donors (Lipinski definition) is 4. The maximum atomic E-state index is 12.6. The minimum absolute atomic E-state index is 0.0739. The largest absolute Gasteiger partial charge is 0.472 e. The fourth-order valence-corrected chi connectivity index (χ4v) is 6.22. The van der Waals surface area contributed by atoms with Crippen molar-refractivity contribution in [1.82, 2.24) is 0 Å². The minimum atomic E-state index is -4.65. The zero-order valence-electron chi connectivity index (χ0n) is 34.4. The number of phosphoric ester groups is 1. The second-order valence-electron chi connectivity index (χ2n) is 14.7. The monoisotopic (exact) mass is 801 g/mol. The zero-order valence-corrected chi connectivity index (χ0v) is 35.3. The van der Waals surface area contributed by atoms with Crippen LogP contribution in [0.15, 0.2) is 48.6 Å². The Balaban J connectivity index is 4.48. The summed E-state index contributed by atoms with van der Waals surface area (Å²) in [5.41, 5.74) is 0. The molecule has 320 valence electrons. The average Bonchev–Trinajstić information content (AvgIpc) is 3.15. The Hall–Kier alpha value is -2.11. The quantitative estimate of drug-likeness (QED) is 0.0154. The molecule has 0 aromatic rings. The predicted octanol–water partition coefficient (Wildman–Crippen LogP) is 9.77. The molecule has 0 aromatic heterocycles. The second kappa shape index (κ2) is 37.5. The van der Waals surface area contributed by atoms with E-state index in [1.807, 2.05) is 36.5 Å². The maximum absolute atomic E-state index is 12.6. The summed E-state index contributed by atoms with van der Waals surface area (Å²) in [5, 5.41) is 28.4. The lowest BCUT2D eigenvalue weighted by Gasteiger charge is -2.20. The fourth-order valence-electron chi connectivity index (χ4n) is 5.43. The maximum Gasteiger partial charge on any atom is 0.472 e. The van der Waals surface area contributed by atoms with Crippen molar-refractivity contribution in [3.05, 3.63) is 48.6 Å². The van der Waals surface area contributed by atoms with Crippen LogP contribution in [0, 0.1) is 5.92 Å². The number of aliphatic hydroxyl groups is 3. The van der Waals surface area contributed by atoms with Crippen LogP contribution in [0.4, 0.5) is 0 Å². The molecule has 0 bridgehead atoms. The molecular weight excluding hydrogens is 723 g/mol. The van der Waals surface area contributed by atoms with E-state index < -0.39 is 57.9 Å². The summed E-state index contributed by atoms with van der Waals surface area (Å²) in [6.07, 6.45) is 34.0. The first-order chi connectivity index (χ1) is 26.5. The lowest BCUT2D eigenvalue weighted by molar-refractivity contribution is -0.161. The van der Waals surface area contributed by atoms with Crippen molar-refractivity contribution in [2.75, 3.05) is 26.4 Å². The summed E-state index contributed by atoms with van der Waals surface area (Å²) < 4.78 is 32.6. The van der Waals surface area contributed by atoms with Gasteiger partial charge in [0.15, 0.2) is 6.10 Å². The van der Waals surface area contributed by atoms with Gasteiger partial charge in [-0.05, 0) is 50.9 Å². The molecule has 12 heteroatoms. The molecule has 4 atom stereocenters. The Kier molecular flexibility index (Phi) is 36.0. The lowest BCUT2D eigenvalue weighted by Crippen LogP contribution is -2.29. The Bertz CT molecular complexity index is 1090. The SMILES string of the molecule is CCCCC/C=C\C=C/[C@H](O)C/C=C\C/C=C/CCCC(=O)O[C@H](COC(=O)CCCCCCCCCCCCCC(C)C)COP(=O)(O)OC[C@@H](O)CO. The summed E-state index contributed by atoms with van der Waals surface area (Å²) in [7, 11) is -4.65. The van der Waals surface area contributed by atoms with Crippen LogP contribution in [0.3, 0.4) is 0 Å². The van der Waals surface area contributed by atoms with Gasteiger partial charge in [-0.3, -0.25) is 18.6 Å². The molecule has 0 aromatic carbocycles. The Morgan fingerprint density at radius 1 is 0.673 bits per heavy atom. The number of carbonyl (C=O) groups excluding carboxylic acids is 2. The number of hydrogen-bond acceptors (Lipinski definition) is 10. The first-order valence-electron chi connectivity index (χ1n) is 21.1. The van der Waals surface area contributed by atoms with Crippen LogP contribution in [0.5, 0.6) is 0 Å². The molecule has 11 nitrogen and oxygen atoms in total. The van der Waals surface area contributed by atoms with Crippen LogP contribution in [0.1, 0.15) is 162 Å². The van der Waals surface area contributed by atoms with Crippen molar-refractivity contribution in [2.45, 2.75) is 180 Å². The molecule has 1 unspecified atom stereocenters. The highest BCUT2D eigenvalue weighted by Gasteiger charge is 2.27. The van der Waals surface area contributed by atoms with E-state index in [9.17, 15) is 29.3 Å². The summed E-state index contributed by atoms with van der Waals surface area (Å²) in [5.74, 6) is -0.240. The molecular formula is C43H77O11P. The van der Waals surface area contributed by atoms with Crippen molar-refractivity contribution in [3.8, 4) is 0 Å². The van der Waals surface area contributed by atoms with Crippen LogP contribution in [-0.4, -0.2) is 76.9 Å². The van der Waals surface area contributed by atoms with Gasteiger partial charge in [0.25, 0.3) is 0 Å². The van der Waals surface area contributed by atoms with Crippen LogP contribution < -0.4 is 0 Å². The first-order valence-corrected chi connectivity index (χ1v) is 22.6. The molecule has 0 amide bonds. The normalized spacial score (nSPS) is 15.1. The van der Waals surface area contributed by atoms with Gasteiger partial charge in [0, 0.05) is 12.8 Å². The molecule has 0 aliphatic carbocycles. The number of ether oxygens (including phenoxy) is 2. The van der Waals surface area contributed by atoms with E-state index >= 15 is 0 Å². The summed E-state index contributed by atoms with van der Waals surface area (Å²) in [4.78, 5) is 34.9. The summed E-state index contributed by atoms with van der Waals surface area (Å²) in [6, 6.07) is 0. The van der Waals surface area contributed by atoms with Crippen molar-refractivity contribution in [2.24, 2.45) is 5.92 Å². The predicted molar refractivity (Wildman–Crippen MR) is 220 cm³/mol. The highest BCUT2D eigenvalue weighted by atomic mass is 31.2. The van der Waals surface area contributed by atoms with Crippen LogP contribution in [0.2, 0.25) is 0 Å². The Labute approximate surface area is 333 Å². The molecule has 0 aliphatic heterocycles. The van der Waals surface area contributed by atoms with Gasteiger partial charge in [0.05, 0.1) is 25.9 Å². The third kappa shape index (κ3) is 38.5. The number of unbranched alkanes of at least 4 members (excludes halogenated alkanes) is 14. The average molecular weight is 801 g/mol. The van der Waals surface area contributed by atoms with Gasteiger partial charge < -0.3 is 29.7 Å². The molecule has 4 N–H and O–H groups in total. The van der Waals surface area contributed by atoms with E-state index in [2.05, 4.69) is 31.4 Å². The van der Waals surface area contributed by atoms with Crippen molar-refractivity contribution >= 4 is 19.8 Å². The van der Waals surface area contributed by atoms with Gasteiger partial charge in [-0.2, -0.15) is 0 Å². The van der Waals surface area contributed by atoms with Gasteiger partial charge in [0.2, 0.25) is 0 Å². The third-order valence-electron chi connectivity index (χ3n) is 8.74. The van der Waals surface area contributed by atoms with Gasteiger partial charge in [0.1, 0.15) is 12.7 Å². The van der Waals surface area contributed by atoms with E-state index in [-0.39, 0.29) is 19.4 Å². The molecule has 55 heavy (non-hydrogen) atoms. The summed E-state index contributed by atoms with van der Waals surface area (Å²) in [6.45, 7) is 4.50. The van der Waals surface area contributed by atoms with Crippen molar-refractivity contribution < 1.29 is 52.9 Å². The van der Waals surface area contributed by atoms with Gasteiger partial charge in [-0.25, -0.2) is 4.57 Å².